The number of nitrogens with one attached hydrogen (secondary N) is 1. The molecule has 0 saturated heterocycles. The van der Waals surface area contributed by atoms with Gasteiger partial charge < -0.3 is 4.98 Å². The van der Waals surface area contributed by atoms with Crippen LogP contribution in [0.25, 0.3) is 10.6 Å². The molecule has 27 heavy (non-hydrogen) atoms. The van der Waals surface area contributed by atoms with Gasteiger partial charge in [-0.05, 0) is 33.3 Å². The van der Waals surface area contributed by atoms with Crippen LogP contribution in [0.1, 0.15) is 49.6 Å². The monoisotopic (exact) mass is 398 g/mol. The maximum Gasteiger partial charge on any atom is 0.189 e. The molecule has 0 spiro atoms. The third-order valence-electron chi connectivity index (χ3n) is 4.45. The van der Waals surface area contributed by atoms with Gasteiger partial charge in [0.05, 0.1) is 17.1 Å². The van der Waals surface area contributed by atoms with Gasteiger partial charge in [-0.1, -0.05) is 30.3 Å². The van der Waals surface area contributed by atoms with Crippen molar-refractivity contribution in [1.29, 1.82) is 0 Å². The number of hydrogen-bond donors (Lipinski definition) is 1. The zero-order chi connectivity index (χ0) is 19.6. The average Bonchev–Trinajstić information content (AvgIpc) is 3.15. The molecule has 6 heteroatoms. The van der Waals surface area contributed by atoms with Crippen molar-refractivity contribution >= 4 is 34.7 Å². The minimum atomic E-state index is -0.0123. The van der Waals surface area contributed by atoms with Crippen LogP contribution in [-0.4, -0.2) is 27.3 Å². The first-order chi connectivity index (χ1) is 12.9. The minimum Gasteiger partial charge on any atom is -0.355 e. The summed E-state index contributed by atoms with van der Waals surface area (Å²) in [6, 6.07) is 10.1. The Balaban J connectivity index is 1.65. The molecule has 0 aliphatic heterocycles. The Labute approximate surface area is 167 Å². The molecule has 0 amide bonds. The number of benzene rings is 1. The summed E-state index contributed by atoms with van der Waals surface area (Å²) in [4.78, 5) is 33.3. The lowest BCUT2D eigenvalue weighted by Crippen LogP contribution is -2.05. The SMILES string of the molecule is CC(=O)c1c(C)[nH]c(C(=O)CSCc2sc(-c3ccccc3)nc2C)c1C. The number of thioether (sulfide) groups is 1. The Morgan fingerprint density at radius 2 is 1.85 bits per heavy atom. The molecule has 2 heterocycles. The summed E-state index contributed by atoms with van der Waals surface area (Å²) in [6.45, 7) is 7.21. The molecule has 2 aromatic heterocycles. The van der Waals surface area contributed by atoms with Crippen molar-refractivity contribution in [3.05, 3.63) is 63.4 Å². The molecule has 0 bridgehead atoms. The normalized spacial score (nSPS) is 11.0. The number of thiazole rings is 1. The van der Waals surface area contributed by atoms with E-state index in [9.17, 15) is 9.59 Å². The van der Waals surface area contributed by atoms with E-state index in [-0.39, 0.29) is 11.6 Å². The molecule has 140 valence electrons. The van der Waals surface area contributed by atoms with E-state index in [1.54, 1.807) is 23.1 Å². The van der Waals surface area contributed by atoms with E-state index in [2.05, 4.69) is 22.1 Å². The number of aromatic nitrogens is 2. The number of aromatic amines is 1. The molecule has 0 saturated carbocycles. The molecule has 0 unspecified atom stereocenters. The molecule has 0 radical (unpaired) electrons. The first-order valence-corrected chi connectivity index (χ1v) is 10.7. The Morgan fingerprint density at radius 1 is 1.15 bits per heavy atom. The standard InChI is InChI=1S/C21H22N2O2S2/c1-12-19(15(4)24)14(3)22-20(12)17(25)10-26-11-18-13(2)23-21(27-18)16-8-6-5-7-9-16/h5-9,22H,10-11H2,1-4H3. The van der Waals surface area contributed by atoms with E-state index in [1.807, 2.05) is 39.0 Å². The lowest BCUT2D eigenvalue weighted by molar-refractivity contribution is 0.101. The number of H-pyrrole nitrogens is 1. The largest absolute Gasteiger partial charge is 0.355 e. The summed E-state index contributed by atoms with van der Waals surface area (Å²) >= 11 is 3.26. The van der Waals surface area contributed by atoms with Gasteiger partial charge in [-0.2, -0.15) is 0 Å². The molecule has 0 aliphatic carbocycles. The smallest absolute Gasteiger partial charge is 0.189 e. The predicted molar refractivity (Wildman–Crippen MR) is 113 cm³/mol. The molecular weight excluding hydrogens is 376 g/mol. The Kier molecular flexibility index (Phi) is 5.97. The van der Waals surface area contributed by atoms with Gasteiger partial charge in [-0.3, -0.25) is 9.59 Å². The fourth-order valence-corrected chi connectivity index (χ4v) is 5.31. The summed E-state index contributed by atoms with van der Waals surface area (Å²) in [5, 5.41) is 1.01. The van der Waals surface area contributed by atoms with Gasteiger partial charge in [0.2, 0.25) is 0 Å². The van der Waals surface area contributed by atoms with Crippen LogP contribution in [0.2, 0.25) is 0 Å². The van der Waals surface area contributed by atoms with Gasteiger partial charge in [-0.15, -0.1) is 23.1 Å². The second-order valence-electron chi connectivity index (χ2n) is 6.49. The number of hydrogen-bond acceptors (Lipinski definition) is 5. The van der Waals surface area contributed by atoms with Gasteiger partial charge in [-0.25, -0.2) is 4.98 Å². The van der Waals surface area contributed by atoms with Crippen LogP contribution in [0.15, 0.2) is 30.3 Å². The van der Waals surface area contributed by atoms with Crippen molar-refractivity contribution in [1.82, 2.24) is 9.97 Å². The Bertz CT molecular complexity index is 987. The van der Waals surface area contributed by atoms with Gasteiger partial charge >= 0.3 is 0 Å². The maximum atomic E-state index is 12.6. The number of nitrogens with zero attached hydrogens (tertiary/aromatic N) is 1. The molecule has 0 atom stereocenters. The highest BCUT2D eigenvalue weighted by atomic mass is 32.2. The van der Waals surface area contributed by atoms with Crippen LogP contribution in [0.4, 0.5) is 0 Å². The fraction of sp³-hybridized carbons (Fsp3) is 0.286. The Hall–Kier alpha value is -2.18. The van der Waals surface area contributed by atoms with Gasteiger partial charge in [0.15, 0.2) is 11.6 Å². The van der Waals surface area contributed by atoms with Crippen LogP contribution >= 0.6 is 23.1 Å². The summed E-state index contributed by atoms with van der Waals surface area (Å²) in [6.07, 6.45) is 0. The second kappa shape index (κ2) is 8.23. The zero-order valence-corrected chi connectivity index (χ0v) is 17.5. The molecule has 1 N–H and O–H groups in total. The number of ketones is 2. The van der Waals surface area contributed by atoms with E-state index >= 15 is 0 Å². The average molecular weight is 399 g/mol. The molecule has 0 fully saturated rings. The summed E-state index contributed by atoms with van der Waals surface area (Å²) in [5.74, 6) is 1.14. The van der Waals surface area contributed by atoms with E-state index in [1.165, 1.54) is 11.8 Å². The van der Waals surface area contributed by atoms with Crippen LogP contribution in [0, 0.1) is 20.8 Å². The minimum absolute atomic E-state index is 0.0123. The highest BCUT2D eigenvalue weighted by Crippen LogP contribution is 2.30. The highest BCUT2D eigenvalue weighted by Gasteiger charge is 2.20. The van der Waals surface area contributed by atoms with Crippen molar-refractivity contribution in [3.8, 4) is 10.6 Å². The quantitative estimate of drug-likeness (QED) is 0.543. The number of aryl methyl sites for hydroxylation is 2. The molecule has 3 aromatic rings. The maximum absolute atomic E-state index is 12.6. The first-order valence-electron chi connectivity index (χ1n) is 8.71. The van der Waals surface area contributed by atoms with Crippen LogP contribution in [0.5, 0.6) is 0 Å². The summed E-state index contributed by atoms with van der Waals surface area (Å²) in [5.41, 5.74) is 4.84. The topological polar surface area (TPSA) is 62.8 Å². The van der Waals surface area contributed by atoms with Crippen LogP contribution < -0.4 is 0 Å². The lowest BCUT2D eigenvalue weighted by atomic mass is 10.1. The molecule has 1 aromatic carbocycles. The van der Waals surface area contributed by atoms with Crippen LogP contribution in [-0.2, 0) is 5.75 Å². The highest BCUT2D eigenvalue weighted by molar-refractivity contribution is 7.99. The van der Waals surface area contributed by atoms with Gasteiger partial charge in [0, 0.05) is 27.5 Å². The number of carbonyl (C=O) groups excluding carboxylic acids is 2. The Morgan fingerprint density at radius 3 is 2.48 bits per heavy atom. The number of Topliss-reactive ketones (excluding diaryl/α,β-unsaturated/α-hetero) is 2. The van der Waals surface area contributed by atoms with Gasteiger partial charge in [0.1, 0.15) is 5.01 Å². The molecular formula is C21H22N2O2S2. The third kappa shape index (κ3) is 4.22. The number of rotatable bonds is 7. The predicted octanol–water partition coefficient (Wildman–Crippen LogP) is 5.38. The molecule has 4 nitrogen and oxygen atoms in total. The van der Waals surface area contributed by atoms with E-state index < -0.39 is 0 Å². The second-order valence-corrected chi connectivity index (χ2v) is 8.56. The third-order valence-corrected chi connectivity index (χ3v) is 6.80. The molecule has 0 aliphatic rings. The first kappa shape index (κ1) is 19.6. The van der Waals surface area contributed by atoms with Crippen molar-refractivity contribution in [2.45, 2.75) is 33.4 Å². The zero-order valence-electron chi connectivity index (χ0n) is 15.9. The molecule has 3 rings (SSSR count). The summed E-state index contributed by atoms with van der Waals surface area (Å²) < 4.78 is 0. The fourth-order valence-electron chi connectivity index (χ4n) is 3.13. The lowest BCUT2D eigenvalue weighted by Gasteiger charge is -2.01. The van der Waals surface area contributed by atoms with Crippen molar-refractivity contribution in [3.63, 3.8) is 0 Å². The van der Waals surface area contributed by atoms with Crippen molar-refractivity contribution < 1.29 is 9.59 Å². The van der Waals surface area contributed by atoms with Crippen LogP contribution in [0.3, 0.4) is 0 Å². The van der Waals surface area contributed by atoms with Gasteiger partial charge in [0.25, 0.3) is 0 Å². The van der Waals surface area contributed by atoms with E-state index in [4.69, 9.17) is 0 Å². The van der Waals surface area contributed by atoms with Crippen molar-refractivity contribution in [2.75, 3.05) is 5.75 Å². The summed E-state index contributed by atoms with van der Waals surface area (Å²) in [7, 11) is 0. The van der Waals surface area contributed by atoms with E-state index in [0.29, 0.717) is 17.0 Å². The van der Waals surface area contributed by atoms with E-state index in [0.717, 1.165) is 33.3 Å². The number of carbonyl (C=O) groups is 2. The van der Waals surface area contributed by atoms with Crippen molar-refractivity contribution in [2.24, 2.45) is 0 Å².